The van der Waals surface area contributed by atoms with Gasteiger partial charge in [0.05, 0.1) is 25.5 Å². The van der Waals surface area contributed by atoms with Gasteiger partial charge in [-0.2, -0.15) is 0 Å². The summed E-state index contributed by atoms with van der Waals surface area (Å²) in [6.45, 7) is 15.9. The van der Waals surface area contributed by atoms with Gasteiger partial charge in [0.25, 0.3) is 0 Å². The van der Waals surface area contributed by atoms with E-state index in [2.05, 4.69) is 41.1 Å². The number of nitrogens with one attached hydrogen (secondary N) is 1. The number of fused-ring (bicyclic) bond motifs is 1. The zero-order valence-corrected chi connectivity index (χ0v) is 24.1. The Balaban J connectivity index is 1.87. The van der Waals surface area contributed by atoms with Gasteiger partial charge >= 0.3 is 0 Å². The Morgan fingerprint density at radius 1 is 1.14 bits per heavy atom. The van der Waals surface area contributed by atoms with Crippen LogP contribution >= 0.6 is 0 Å². The van der Waals surface area contributed by atoms with Crippen LogP contribution in [0.4, 0.5) is 4.39 Å². The highest BCUT2D eigenvalue weighted by atomic mass is 32.2. The maximum Gasteiger partial charge on any atom is 0.167 e. The molecule has 4 aromatic rings. The third-order valence-electron chi connectivity index (χ3n) is 6.24. The van der Waals surface area contributed by atoms with E-state index >= 15 is 4.39 Å². The Hall–Kier alpha value is -2.78. The highest BCUT2D eigenvalue weighted by molar-refractivity contribution is 7.90. The van der Waals surface area contributed by atoms with Crippen LogP contribution in [0.2, 0.25) is 19.6 Å². The van der Waals surface area contributed by atoms with Crippen molar-refractivity contribution in [2.24, 2.45) is 0 Å². The molecule has 0 spiro atoms. The zero-order valence-electron chi connectivity index (χ0n) is 22.3. The largest absolute Gasteiger partial charge is 0.598 e. The Kier molecular flexibility index (Phi) is 7.76. The molecule has 2 atom stereocenters. The van der Waals surface area contributed by atoms with Gasteiger partial charge < -0.3 is 9.08 Å². The number of para-hydroxylation sites is 1. The van der Waals surface area contributed by atoms with E-state index < -0.39 is 30.2 Å². The molecule has 0 radical (unpaired) electrons. The summed E-state index contributed by atoms with van der Waals surface area (Å²) in [4.78, 5) is 4.60. The predicted molar refractivity (Wildman–Crippen MR) is 154 cm³/mol. The highest BCUT2D eigenvalue weighted by Crippen LogP contribution is 2.35. The Labute approximate surface area is 222 Å². The van der Waals surface area contributed by atoms with E-state index in [1.54, 1.807) is 6.08 Å². The monoisotopic (exact) mass is 535 g/mol. The maximum absolute atomic E-state index is 15.9. The minimum Gasteiger partial charge on any atom is -0.598 e. The molecule has 1 N–H and O–H groups in total. The molecule has 0 saturated carbocycles. The number of rotatable bonds is 8. The Morgan fingerprint density at radius 2 is 1.81 bits per heavy atom. The Morgan fingerprint density at radius 3 is 2.49 bits per heavy atom. The minimum atomic E-state index is -2.00. The first kappa shape index (κ1) is 27.3. The van der Waals surface area contributed by atoms with Crippen LogP contribution in [0.1, 0.15) is 43.8 Å². The molecule has 4 rings (SSSR count). The molecule has 0 aliphatic heterocycles. The molecular formula is C29H34FN3O2SSi. The van der Waals surface area contributed by atoms with Gasteiger partial charge in [0.2, 0.25) is 0 Å². The number of halogens is 1. The molecule has 37 heavy (non-hydrogen) atoms. The van der Waals surface area contributed by atoms with E-state index in [4.69, 9.17) is 4.52 Å². The molecule has 5 nitrogen and oxygen atoms in total. The third kappa shape index (κ3) is 5.88. The van der Waals surface area contributed by atoms with Crippen molar-refractivity contribution in [1.82, 2.24) is 14.9 Å². The molecule has 2 heterocycles. The number of hydrogen-bond acceptors (Lipinski definition) is 5. The van der Waals surface area contributed by atoms with Crippen molar-refractivity contribution in [3.63, 3.8) is 0 Å². The van der Waals surface area contributed by atoms with Gasteiger partial charge in [-0.25, -0.2) is 4.39 Å². The van der Waals surface area contributed by atoms with Gasteiger partial charge in [0.15, 0.2) is 5.58 Å². The first-order valence-electron chi connectivity index (χ1n) is 12.3. The van der Waals surface area contributed by atoms with Crippen LogP contribution in [-0.4, -0.2) is 27.5 Å². The lowest BCUT2D eigenvalue weighted by Gasteiger charge is -2.29. The van der Waals surface area contributed by atoms with E-state index in [-0.39, 0.29) is 12.2 Å². The standard InChI is InChI=1S/C29H34FN3O2SSi/c1-8-19-17-26(37(5,6)7)27(30)24(31-19)18-23(33-36(34)29(2,3)4)20-13-9-10-14-21(20)28-22-15-11-12-16-25(22)35-32-28/h8-17,23,33H,1,18H2,2-7H3/t23-,36?/m0/s1. The summed E-state index contributed by atoms with van der Waals surface area (Å²) in [6.07, 6.45) is 1.86. The number of aromatic nitrogens is 2. The second-order valence-electron chi connectivity index (χ2n) is 11.2. The fraction of sp³-hybridized carbons (Fsp3) is 0.310. The van der Waals surface area contributed by atoms with Gasteiger partial charge in [-0.15, -0.1) is 4.72 Å². The van der Waals surface area contributed by atoms with Crippen molar-refractivity contribution in [3.05, 3.63) is 83.9 Å². The van der Waals surface area contributed by atoms with Gasteiger partial charge in [-0.3, -0.25) is 4.98 Å². The molecule has 0 aliphatic rings. The molecule has 0 bridgehead atoms. The van der Waals surface area contributed by atoms with Gasteiger partial charge in [0.1, 0.15) is 16.3 Å². The average molecular weight is 536 g/mol. The third-order valence-corrected chi connectivity index (χ3v) is 9.83. The fourth-order valence-corrected chi connectivity index (χ4v) is 6.41. The Bertz CT molecular complexity index is 1420. The fourth-order valence-electron chi connectivity index (χ4n) is 4.20. The van der Waals surface area contributed by atoms with Crippen molar-refractivity contribution < 1.29 is 13.5 Å². The molecule has 0 saturated heterocycles. The van der Waals surface area contributed by atoms with Crippen molar-refractivity contribution in [2.45, 2.75) is 57.6 Å². The highest BCUT2D eigenvalue weighted by Gasteiger charge is 2.33. The average Bonchev–Trinajstić information content (AvgIpc) is 3.27. The first-order chi connectivity index (χ1) is 17.4. The molecule has 194 valence electrons. The van der Waals surface area contributed by atoms with Crippen molar-refractivity contribution in [2.75, 3.05) is 0 Å². The predicted octanol–water partition coefficient (Wildman–Crippen LogP) is 6.55. The van der Waals surface area contributed by atoms with Crippen molar-refractivity contribution in [3.8, 4) is 11.3 Å². The molecule has 2 aromatic heterocycles. The van der Waals surface area contributed by atoms with Crippen LogP contribution in [0.25, 0.3) is 28.3 Å². The van der Waals surface area contributed by atoms with Crippen LogP contribution in [0.15, 0.2) is 65.7 Å². The van der Waals surface area contributed by atoms with Gasteiger partial charge in [-0.05, 0) is 55.8 Å². The first-order valence-corrected chi connectivity index (χ1v) is 17.0. The normalized spacial score (nSPS) is 14.1. The molecule has 8 heteroatoms. The number of pyridine rings is 1. The van der Waals surface area contributed by atoms with Crippen LogP contribution in [-0.2, 0) is 17.8 Å². The molecule has 0 aliphatic carbocycles. The smallest absolute Gasteiger partial charge is 0.167 e. The van der Waals surface area contributed by atoms with Crippen LogP contribution in [0.5, 0.6) is 0 Å². The van der Waals surface area contributed by atoms with E-state index in [9.17, 15) is 4.55 Å². The molecular weight excluding hydrogens is 501 g/mol. The summed E-state index contributed by atoms with van der Waals surface area (Å²) >= 11 is -1.42. The lowest BCUT2D eigenvalue weighted by atomic mass is 9.94. The second-order valence-corrected chi connectivity index (χ2v) is 18.2. The van der Waals surface area contributed by atoms with Crippen LogP contribution in [0, 0.1) is 5.82 Å². The number of hydrogen-bond donors (Lipinski definition) is 1. The lowest BCUT2D eigenvalue weighted by Crippen LogP contribution is -2.43. The van der Waals surface area contributed by atoms with Crippen molar-refractivity contribution in [1.29, 1.82) is 0 Å². The maximum atomic E-state index is 15.9. The summed E-state index contributed by atoms with van der Waals surface area (Å²) in [5.74, 6) is -0.289. The summed E-state index contributed by atoms with van der Waals surface area (Å²) in [5, 5.41) is 5.95. The number of nitrogens with zero attached hydrogens (tertiary/aromatic N) is 2. The molecule has 2 aromatic carbocycles. The van der Waals surface area contributed by atoms with E-state index in [1.165, 1.54) is 0 Å². The number of benzene rings is 2. The summed E-state index contributed by atoms with van der Waals surface area (Å²) in [6, 6.07) is 16.8. The summed E-state index contributed by atoms with van der Waals surface area (Å²) in [5.41, 5.74) is 4.02. The second kappa shape index (κ2) is 10.5. The zero-order chi connectivity index (χ0) is 27.0. The van der Waals surface area contributed by atoms with Crippen molar-refractivity contribution >= 4 is 41.7 Å². The van der Waals surface area contributed by atoms with Crippen LogP contribution < -0.4 is 9.91 Å². The van der Waals surface area contributed by atoms with Crippen LogP contribution in [0.3, 0.4) is 0 Å². The topological polar surface area (TPSA) is 74.0 Å². The van der Waals surface area contributed by atoms with E-state index in [0.29, 0.717) is 27.9 Å². The molecule has 0 fully saturated rings. The summed E-state index contributed by atoms with van der Waals surface area (Å²) < 4.78 is 37.6. The summed E-state index contributed by atoms with van der Waals surface area (Å²) in [7, 11) is -2.00. The lowest BCUT2D eigenvalue weighted by molar-refractivity contribution is 0.459. The van der Waals surface area contributed by atoms with Gasteiger partial charge in [-0.1, -0.05) is 67.8 Å². The molecule has 0 amide bonds. The van der Waals surface area contributed by atoms with E-state index in [1.807, 2.05) is 75.4 Å². The quantitative estimate of drug-likeness (QED) is 0.204. The molecule has 1 unspecified atom stereocenters. The van der Waals surface area contributed by atoms with E-state index in [0.717, 1.165) is 16.5 Å². The SMILES string of the molecule is C=Cc1cc([Si](C)(C)C)c(F)c(C[C@H](N[S+]([O-])C(C)(C)C)c2ccccc2-c2noc3ccccc23)n1. The minimum absolute atomic E-state index is 0.208. The van der Waals surface area contributed by atoms with Gasteiger partial charge in [0, 0.05) is 28.7 Å².